The third kappa shape index (κ3) is 8.98. The van der Waals surface area contributed by atoms with Gasteiger partial charge >= 0.3 is 0 Å². The lowest BCUT2D eigenvalue weighted by Gasteiger charge is -2.34. The first kappa shape index (κ1) is 34.7. The van der Waals surface area contributed by atoms with E-state index in [1.807, 2.05) is 50.4 Å². The van der Waals surface area contributed by atoms with Crippen molar-refractivity contribution in [1.82, 2.24) is 10.2 Å². The van der Waals surface area contributed by atoms with Gasteiger partial charge in [-0.2, -0.15) is 0 Å². The van der Waals surface area contributed by atoms with Crippen LogP contribution in [-0.4, -0.2) is 50.5 Å². The van der Waals surface area contributed by atoms with Gasteiger partial charge in [-0.05, 0) is 67.6 Å². The minimum Gasteiger partial charge on any atom is -0.354 e. The molecule has 0 radical (unpaired) electrons. The summed E-state index contributed by atoms with van der Waals surface area (Å²) >= 11 is 1.49. The van der Waals surface area contributed by atoms with Gasteiger partial charge in [0.2, 0.25) is 11.8 Å². The molecule has 4 aromatic carbocycles. The fourth-order valence-electron chi connectivity index (χ4n) is 4.98. The summed E-state index contributed by atoms with van der Waals surface area (Å²) in [5.74, 6) is -1.55. The Morgan fingerprint density at radius 2 is 1.54 bits per heavy atom. The zero-order valence-electron chi connectivity index (χ0n) is 26.4. The lowest BCUT2D eigenvalue weighted by molar-refractivity contribution is -0.140. The van der Waals surface area contributed by atoms with Crippen molar-refractivity contribution in [2.75, 3.05) is 23.7 Å². The molecule has 0 aliphatic rings. The third-order valence-electron chi connectivity index (χ3n) is 7.65. The smallest absolute Gasteiger partial charge is 0.264 e. The number of aryl methyl sites for hydroxylation is 1. The number of unbranched alkanes of at least 4 members (excludes halogenated alkanes) is 1. The van der Waals surface area contributed by atoms with E-state index in [9.17, 15) is 18.0 Å². The molecule has 1 atom stereocenters. The second-order valence-electron chi connectivity index (χ2n) is 11.0. The summed E-state index contributed by atoms with van der Waals surface area (Å²) in [4.78, 5) is 30.5. The highest BCUT2D eigenvalue weighted by Crippen LogP contribution is 2.27. The maximum atomic E-state index is 15.0. The molecule has 0 fully saturated rings. The zero-order valence-corrected chi connectivity index (χ0v) is 28.0. The van der Waals surface area contributed by atoms with Crippen molar-refractivity contribution < 1.29 is 22.4 Å². The second-order valence-corrected chi connectivity index (χ2v) is 13.7. The van der Waals surface area contributed by atoms with Gasteiger partial charge in [-0.25, -0.2) is 12.8 Å². The minimum atomic E-state index is -4.22. The van der Waals surface area contributed by atoms with Crippen LogP contribution >= 0.6 is 11.8 Å². The third-order valence-corrected chi connectivity index (χ3v) is 10.2. The van der Waals surface area contributed by atoms with Crippen LogP contribution < -0.4 is 9.62 Å². The first-order valence-corrected chi connectivity index (χ1v) is 17.9. The van der Waals surface area contributed by atoms with Gasteiger partial charge in [-0.15, -0.1) is 11.8 Å². The summed E-state index contributed by atoms with van der Waals surface area (Å²) in [7, 11) is -4.22. The van der Waals surface area contributed by atoms with E-state index >= 15 is 4.39 Å². The number of benzene rings is 4. The largest absolute Gasteiger partial charge is 0.354 e. The number of sulfonamides is 1. The number of carbonyl (C=O) groups excluding carboxylic acids is 2. The van der Waals surface area contributed by atoms with E-state index in [2.05, 4.69) is 5.32 Å². The molecule has 0 spiro atoms. The van der Waals surface area contributed by atoms with E-state index in [1.165, 1.54) is 34.9 Å². The maximum Gasteiger partial charge on any atom is 0.264 e. The molecular formula is C36H40FN3O4S2. The molecule has 0 saturated carbocycles. The Morgan fingerprint density at radius 3 is 2.17 bits per heavy atom. The van der Waals surface area contributed by atoms with Gasteiger partial charge in [0, 0.05) is 30.0 Å². The number of nitrogens with zero attached hydrogens (tertiary/aromatic N) is 2. The van der Waals surface area contributed by atoms with Crippen molar-refractivity contribution in [2.24, 2.45) is 0 Å². The number of hydrogen-bond acceptors (Lipinski definition) is 5. The molecule has 0 aliphatic carbocycles. The number of halogens is 1. The molecule has 46 heavy (non-hydrogen) atoms. The fraction of sp³-hybridized carbons (Fsp3) is 0.278. The van der Waals surface area contributed by atoms with Crippen LogP contribution in [0.5, 0.6) is 0 Å². The van der Waals surface area contributed by atoms with Crippen LogP contribution in [0.1, 0.15) is 36.5 Å². The van der Waals surface area contributed by atoms with Crippen molar-refractivity contribution in [2.45, 2.75) is 55.5 Å². The number of nitrogens with one attached hydrogen (secondary N) is 1. The highest BCUT2D eigenvalue weighted by Gasteiger charge is 2.35. The quantitative estimate of drug-likeness (QED) is 0.115. The van der Waals surface area contributed by atoms with E-state index in [-0.39, 0.29) is 29.3 Å². The van der Waals surface area contributed by atoms with E-state index in [1.54, 1.807) is 54.6 Å². The maximum absolute atomic E-state index is 15.0. The van der Waals surface area contributed by atoms with Crippen molar-refractivity contribution in [3.05, 3.63) is 126 Å². The topological polar surface area (TPSA) is 86.8 Å². The molecule has 7 nitrogen and oxygen atoms in total. The zero-order chi connectivity index (χ0) is 33.1. The lowest BCUT2D eigenvalue weighted by atomic mass is 10.0. The average molecular weight is 662 g/mol. The van der Waals surface area contributed by atoms with Gasteiger partial charge < -0.3 is 10.2 Å². The molecule has 0 aliphatic heterocycles. The van der Waals surface area contributed by atoms with Crippen LogP contribution in [0.3, 0.4) is 0 Å². The van der Waals surface area contributed by atoms with Crippen LogP contribution in [0.2, 0.25) is 0 Å². The summed E-state index contributed by atoms with van der Waals surface area (Å²) in [6, 6.07) is 27.6. The van der Waals surface area contributed by atoms with Gasteiger partial charge in [0.05, 0.1) is 10.6 Å². The Labute approximate surface area is 275 Å². The van der Waals surface area contributed by atoms with E-state index in [0.717, 1.165) is 33.2 Å². The van der Waals surface area contributed by atoms with Crippen molar-refractivity contribution in [3.63, 3.8) is 0 Å². The highest BCUT2D eigenvalue weighted by atomic mass is 32.2. The van der Waals surface area contributed by atoms with Gasteiger partial charge in [0.15, 0.2) is 0 Å². The Hall–Kier alpha value is -4.15. The summed E-state index contributed by atoms with van der Waals surface area (Å²) < 4.78 is 44.4. The Kier molecular flexibility index (Phi) is 12.4. The van der Waals surface area contributed by atoms with Crippen molar-refractivity contribution >= 4 is 39.3 Å². The lowest BCUT2D eigenvalue weighted by Crippen LogP contribution is -2.53. The van der Waals surface area contributed by atoms with Crippen LogP contribution in [0.25, 0.3) is 0 Å². The molecule has 0 aromatic heterocycles. The summed E-state index contributed by atoms with van der Waals surface area (Å²) in [5, 5.41) is 2.94. The van der Waals surface area contributed by atoms with Gasteiger partial charge in [-0.1, -0.05) is 79.6 Å². The van der Waals surface area contributed by atoms with Crippen molar-refractivity contribution in [3.8, 4) is 0 Å². The molecule has 10 heteroatoms. The summed E-state index contributed by atoms with van der Waals surface area (Å²) in [6.07, 6.45) is 3.67. The molecule has 0 heterocycles. The van der Waals surface area contributed by atoms with Crippen LogP contribution in [0.4, 0.5) is 10.1 Å². The molecular weight excluding hydrogens is 622 g/mol. The molecule has 4 rings (SSSR count). The van der Waals surface area contributed by atoms with Crippen LogP contribution in [0, 0.1) is 12.7 Å². The predicted octanol–water partition coefficient (Wildman–Crippen LogP) is 6.61. The molecule has 2 amide bonds. The Bertz CT molecular complexity index is 1700. The number of thioether (sulfide) groups is 1. The van der Waals surface area contributed by atoms with Crippen LogP contribution in [-0.2, 0) is 32.6 Å². The highest BCUT2D eigenvalue weighted by molar-refractivity contribution is 7.98. The van der Waals surface area contributed by atoms with E-state index in [4.69, 9.17) is 0 Å². The van der Waals surface area contributed by atoms with Crippen molar-refractivity contribution in [1.29, 1.82) is 0 Å². The Morgan fingerprint density at radius 1 is 0.891 bits per heavy atom. The first-order valence-electron chi connectivity index (χ1n) is 15.2. The fourth-order valence-corrected chi connectivity index (χ4v) is 6.81. The normalized spacial score (nSPS) is 11.9. The molecule has 0 unspecified atom stereocenters. The molecule has 4 aromatic rings. The number of anilines is 1. The second kappa shape index (κ2) is 16.4. The summed E-state index contributed by atoms with van der Waals surface area (Å²) in [6.45, 7) is 3.48. The number of amides is 2. The van der Waals surface area contributed by atoms with Gasteiger partial charge in [0.1, 0.15) is 18.4 Å². The van der Waals surface area contributed by atoms with Crippen LogP contribution in [0.15, 0.2) is 113 Å². The van der Waals surface area contributed by atoms with E-state index < -0.39 is 34.3 Å². The number of rotatable bonds is 15. The molecule has 0 bridgehead atoms. The summed E-state index contributed by atoms with van der Waals surface area (Å²) in [5.41, 5.74) is 2.24. The van der Waals surface area contributed by atoms with E-state index in [0.29, 0.717) is 12.2 Å². The van der Waals surface area contributed by atoms with Gasteiger partial charge in [-0.3, -0.25) is 13.9 Å². The predicted molar refractivity (Wildman–Crippen MR) is 183 cm³/mol. The number of hydrogen-bond donors (Lipinski definition) is 1. The first-order chi connectivity index (χ1) is 22.1. The standard InChI is InChI=1S/C36H40FN3O4S2/c1-4-5-23-38-36(42)34(24-28-11-7-6-8-12-28)39(25-29-13-9-10-14-33(29)37)35(41)26-40(30-17-15-27(2)16-18-30)46(43,44)32-21-19-31(45-3)20-22-32/h6-22,34H,4-5,23-26H2,1-3H3,(H,38,42)/t34-/m0/s1. The Balaban J connectivity index is 1.79. The molecule has 242 valence electrons. The average Bonchev–Trinajstić information content (AvgIpc) is 3.07. The van der Waals surface area contributed by atoms with Gasteiger partial charge in [0.25, 0.3) is 10.0 Å². The SMILES string of the molecule is CCCCNC(=O)[C@H](Cc1ccccc1)N(Cc1ccccc1F)C(=O)CN(c1ccc(C)cc1)S(=O)(=O)c1ccc(SC)cc1. The molecule has 0 saturated heterocycles. The minimum absolute atomic E-state index is 0.0254. The number of carbonyl (C=O) groups is 2. The monoisotopic (exact) mass is 661 g/mol. The molecule has 1 N–H and O–H groups in total.